The van der Waals surface area contributed by atoms with Crippen molar-refractivity contribution < 1.29 is 14.3 Å². The molecule has 0 bridgehead atoms. The van der Waals surface area contributed by atoms with Crippen molar-refractivity contribution in [3.05, 3.63) is 70.1 Å². The van der Waals surface area contributed by atoms with Gasteiger partial charge in [-0.25, -0.2) is 4.79 Å². The van der Waals surface area contributed by atoms with Gasteiger partial charge in [0.1, 0.15) is 0 Å². The van der Waals surface area contributed by atoms with Gasteiger partial charge in [-0.15, -0.1) is 11.3 Å². The van der Waals surface area contributed by atoms with Crippen LogP contribution in [0.3, 0.4) is 0 Å². The molecule has 3 rings (SSSR count). The number of carbonyl (C=O) groups is 2. The van der Waals surface area contributed by atoms with E-state index in [-0.39, 0.29) is 12.4 Å². The SMILES string of the molecule is Cc1ccccc1C(=O)OCC(=O)c1sc2ccccc2c1C. The molecule has 0 spiro atoms. The molecule has 116 valence electrons. The Morgan fingerprint density at radius 3 is 2.43 bits per heavy atom. The summed E-state index contributed by atoms with van der Waals surface area (Å²) in [6.45, 7) is 3.53. The molecule has 0 radical (unpaired) electrons. The molecule has 4 heteroatoms. The first-order valence-electron chi connectivity index (χ1n) is 7.32. The molecule has 0 unspecified atom stereocenters. The summed E-state index contributed by atoms with van der Waals surface area (Å²) >= 11 is 1.44. The number of ether oxygens (including phenoxy) is 1. The molecule has 3 aromatic rings. The van der Waals surface area contributed by atoms with Gasteiger partial charge in [0.05, 0.1) is 10.4 Å². The van der Waals surface area contributed by atoms with Crippen LogP contribution in [0.25, 0.3) is 10.1 Å². The van der Waals surface area contributed by atoms with E-state index in [2.05, 4.69) is 0 Å². The summed E-state index contributed by atoms with van der Waals surface area (Å²) in [6, 6.07) is 15.1. The Labute approximate surface area is 138 Å². The van der Waals surface area contributed by atoms with Crippen molar-refractivity contribution in [2.45, 2.75) is 13.8 Å². The van der Waals surface area contributed by atoms with E-state index in [1.165, 1.54) is 11.3 Å². The second kappa shape index (κ2) is 6.34. The highest BCUT2D eigenvalue weighted by atomic mass is 32.1. The van der Waals surface area contributed by atoms with E-state index < -0.39 is 5.97 Å². The fourth-order valence-corrected chi connectivity index (χ4v) is 3.65. The lowest BCUT2D eigenvalue weighted by molar-refractivity contribution is 0.0475. The van der Waals surface area contributed by atoms with E-state index >= 15 is 0 Å². The zero-order chi connectivity index (χ0) is 16.4. The highest BCUT2D eigenvalue weighted by Gasteiger charge is 2.18. The van der Waals surface area contributed by atoms with Crippen LogP contribution >= 0.6 is 11.3 Å². The molecule has 0 N–H and O–H groups in total. The van der Waals surface area contributed by atoms with Gasteiger partial charge < -0.3 is 4.74 Å². The maximum Gasteiger partial charge on any atom is 0.338 e. The van der Waals surface area contributed by atoms with Crippen molar-refractivity contribution in [2.75, 3.05) is 6.61 Å². The van der Waals surface area contributed by atoms with Gasteiger partial charge in [-0.1, -0.05) is 36.4 Å². The Morgan fingerprint density at radius 2 is 1.70 bits per heavy atom. The lowest BCUT2D eigenvalue weighted by Crippen LogP contribution is -2.14. The third kappa shape index (κ3) is 3.03. The summed E-state index contributed by atoms with van der Waals surface area (Å²) < 4.78 is 6.26. The molecule has 0 atom stereocenters. The topological polar surface area (TPSA) is 43.4 Å². The number of Topliss-reactive ketones (excluding diaryl/α,β-unsaturated/α-hetero) is 1. The number of hydrogen-bond donors (Lipinski definition) is 0. The molecule has 0 amide bonds. The molecule has 0 saturated heterocycles. The molecule has 1 heterocycles. The quantitative estimate of drug-likeness (QED) is 0.522. The fraction of sp³-hybridized carbons (Fsp3) is 0.158. The van der Waals surface area contributed by atoms with E-state index in [1.54, 1.807) is 12.1 Å². The van der Waals surface area contributed by atoms with Crippen molar-refractivity contribution >= 4 is 33.2 Å². The summed E-state index contributed by atoms with van der Waals surface area (Å²) in [5.41, 5.74) is 2.28. The predicted octanol–water partition coefficient (Wildman–Crippen LogP) is 4.56. The highest BCUT2D eigenvalue weighted by Crippen LogP contribution is 2.30. The smallest absolute Gasteiger partial charge is 0.338 e. The van der Waals surface area contributed by atoms with Crippen LogP contribution in [0.2, 0.25) is 0 Å². The summed E-state index contributed by atoms with van der Waals surface area (Å²) in [6.07, 6.45) is 0. The standard InChI is InChI=1S/C19H16O3S/c1-12-7-3-4-8-14(12)19(21)22-11-16(20)18-13(2)15-9-5-6-10-17(15)23-18/h3-10H,11H2,1-2H3. The third-order valence-corrected chi connectivity index (χ3v) is 5.11. The van der Waals surface area contributed by atoms with E-state index in [0.717, 1.165) is 21.2 Å². The van der Waals surface area contributed by atoms with E-state index in [1.807, 2.05) is 50.2 Å². The van der Waals surface area contributed by atoms with E-state index in [0.29, 0.717) is 10.4 Å². The molecule has 23 heavy (non-hydrogen) atoms. The van der Waals surface area contributed by atoms with Gasteiger partial charge in [0.2, 0.25) is 5.78 Å². The molecule has 3 nitrogen and oxygen atoms in total. The third-order valence-electron chi connectivity index (χ3n) is 3.80. The van der Waals surface area contributed by atoms with Gasteiger partial charge in [-0.2, -0.15) is 0 Å². The Hall–Kier alpha value is -2.46. The van der Waals surface area contributed by atoms with Crippen LogP contribution < -0.4 is 0 Å². The van der Waals surface area contributed by atoms with Gasteiger partial charge in [-0.05, 0) is 42.5 Å². The number of thiophene rings is 1. The van der Waals surface area contributed by atoms with Crippen LogP contribution in [-0.4, -0.2) is 18.4 Å². The molecule has 0 aliphatic carbocycles. The zero-order valence-electron chi connectivity index (χ0n) is 13.0. The number of rotatable bonds is 4. The number of aryl methyl sites for hydroxylation is 2. The molecule has 0 aliphatic rings. The van der Waals surface area contributed by atoms with Crippen LogP contribution in [0.4, 0.5) is 0 Å². The van der Waals surface area contributed by atoms with Crippen LogP contribution in [0.15, 0.2) is 48.5 Å². The summed E-state index contributed by atoms with van der Waals surface area (Å²) in [5.74, 6) is -0.624. The average molecular weight is 324 g/mol. The van der Waals surface area contributed by atoms with Crippen molar-refractivity contribution in [1.82, 2.24) is 0 Å². The van der Waals surface area contributed by atoms with E-state index in [9.17, 15) is 9.59 Å². The van der Waals surface area contributed by atoms with Gasteiger partial charge in [0.25, 0.3) is 0 Å². The highest BCUT2D eigenvalue weighted by molar-refractivity contribution is 7.21. The second-order valence-corrected chi connectivity index (χ2v) is 6.42. The minimum atomic E-state index is -0.463. The molecule has 0 saturated carbocycles. The summed E-state index contributed by atoms with van der Waals surface area (Å²) in [5, 5.41) is 1.08. The largest absolute Gasteiger partial charge is 0.454 e. The summed E-state index contributed by atoms with van der Waals surface area (Å²) in [7, 11) is 0. The Balaban J connectivity index is 1.75. The lowest BCUT2D eigenvalue weighted by atomic mass is 10.1. The molecule has 2 aromatic carbocycles. The van der Waals surface area contributed by atoms with Crippen molar-refractivity contribution in [3.63, 3.8) is 0 Å². The second-order valence-electron chi connectivity index (χ2n) is 5.37. The number of hydrogen-bond acceptors (Lipinski definition) is 4. The average Bonchev–Trinajstić information content (AvgIpc) is 2.90. The Kier molecular flexibility index (Phi) is 4.26. The normalized spacial score (nSPS) is 10.7. The first kappa shape index (κ1) is 15.4. The predicted molar refractivity (Wildman–Crippen MR) is 92.4 cm³/mol. The van der Waals surface area contributed by atoms with Gasteiger partial charge in [0, 0.05) is 4.70 Å². The molecule has 0 aliphatic heterocycles. The molecule has 1 aromatic heterocycles. The first-order valence-corrected chi connectivity index (χ1v) is 8.13. The maximum absolute atomic E-state index is 12.4. The maximum atomic E-state index is 12.4. The number of benzene rings is 2. The zero-order valence-corrected chi connectivity index (χ0v) is 13.8. The minimum Gasteiger partial charge on any atom is -0.454 e. The monoisotopic (exact) mass is 324 g/mol. The number of esters is 1. The fourth-order valence-electron chi connectivity index (χ4n) is 2.52. The van der Waals surface area contributed by atoms with Crippen LogP contribution in [0, 0.1) is 13.8 Å². The van der Waals surface area contributed by atoms with Gasteiger partial charge in [0.15, 0.2) is 6.61 Å². The molecule has 0 fully saturated rings. The number of fused-ring (bicyclic) bond motifs is 1. The number of carbonyl (C=O) groups excluding carboxylic acids is 2. The van der Waals surface area contributed by atoms with Crippen molar-refractivity contribution in [1.29, 1.82) is 0 Å². The van der Waals surface area contributed by atoms with Gasteiger partial charge >= 0.3 is 5.97 Å². The Bertz CT molecular complexity index is 893. The van der Waals surface area contributed by atoms with Gasteiger partial charge in [-0.3, -0.25) is 4.79 Å². The van der Waals surface area contributed by atoms with Crippen LogP contribution in [0.5, 0.6) is 0 Å². The molecular weight excluding hydrogens is 308 g/mol. The minimum absolute atomic E-state index is 0.161. The van der Waals surface area contributed by atoms with Crippen molar-refractivity contribution in [2.24, 2.45) is 0 Å². The van der Waals surface area contributed by atoms with Crippen LogP contribution in [0.1, 0.15) is 31.2 Å². The number of ketones is 1. The molecular formula is C19H16O3S. The summed E-state index contributed by atoms with van der Waals surface area (Å²) in [4.78, 5) is 25.1. The lowest BCUT2D eigenvalue weighted by Gasteiger charge is -2.06. The Morgan fingerprint density at radius 1 is 1.00 bits per heavy atom. The van der Waals surface area contributed by atoms with Crippen LogP contribution in [-0.2, 0) is 4.74 Å². The van der Waals surface area contributed by atoms with Crippen molar-refractivity contribution in [3.8, 4) is 0 Å². The van der Waals surface area contributed by atoms with E-state index in [4.69, 9.17) is 4.74 Å². The first-order chi connectivity index (χ1) is 11.1.